The first kappa shape index (κ1) is 40.7. The predicted octanol–water partition coefficient (Wildman–Crippen LogP) is 5.79. The van der Waals surface area contributed by atoms with E-state index in [1.165, 1.54) is 56.6 Å². The van der Waals surface area contributed by atoms with Gasteiger partial charge in [0.1, 0.15) is 0 Å². The molecule has 5 atom stereocenters. The topological polar surface area (TPSA) is 105 Å². The molecule has 1 aliphatic carbocycles. The van der Waals surface area contributed by atoms with Gasteiger partial charge in [-0.1, -0.05) is 45.4 Å². The second-order valence-electron chi connectivity index (χ2n) is 11.9. The summed E-state index contributed by atoms with van der Waals surface area (Å²) in [5.41, 5.74) is 11.4. The van der Waals surface area contributed by atoms with Crippen LogP contribution in [0.3, 0.4) is 0 Å². The number of carbonyl (C=O) groups is 1. The molecule has 8 nitrogen and oxygen atoms in total. The van der Waals surface area contributed by atoms with E-state index in [1.807, 2.05) is 32.0 Å². The first-order valence-electron chi connectivity index (χ1n) is 16.4. The molecule has 1 aromatic rings. The first-order valence-corrected chi connectivity index (χ1v) is 16.4. The van der Waals surface area contributed by atoms with Crippen molar-refractivity contribution in [1.29, 1.82) is 0 Å². The summed E-state index contributed by atoms with van der Waals surface area (Å²) in [5, 5.41) is 8.97. The normalized spacial score (nSPS) is 20.2. The number of nitrogens with two attached hydrogens (primary N) is 1. The average Bonchev–Trinajstić information content (AvgIpc) is 3.20. The number of fused-ring (bicyclic) bond motifs is 1. The number of hydrogen-bond acceptors (Lipinski definition) is 7. The molecule has 2 heterocycles. The zero-order valence-electron chi connectivity index (χ0n) is 28.2. The Morgan fingerprint density at radius 1 is 1.22 bits per heavy atom. The van der Waals surface area contributed by atoms with Crippen LogP contribution in [0.1, 0.15) is 88.5 Å². The zero-order chi connectivity index (χ0) is 33.7. The number of hydrogen-bond donors (Lipinski definition) is 4. The number of hydrazine groups is 1. The Morgan fingerprint density at radius 2 is 1.96 bits per heavy atom. The molecule has 11 heteroatoms. The molecule has 258 valence electrons. The molecule has 5 N–H and O–H groups in total. The van der Waals surface area contributed by atoms with Gasteiger partial charge >= 0.3 is 6.18 Å². The Bertz CT molecular complexity index is 970. The fourth-order valence-electron chi connectivity index (χ4n) is 5.79. The third-order valence-electron chi connectivity index (χ3n) is 8.38. The highest BCUT2D eigenvalue weighted by Crippen LogP contribution is 2.37. The average molecular weight is 641 g/mol. The monoisotopic (exact) mass is 640 g/mol. The molecule has 1 aromatic heterocycles. The summed E-state index contributed by atoms with van der Waals surface area (Å²) in [6.07, 6.45) is 10.6. The summed E-state index contributed by atoms with van der Waals surface area (Å²) >= 11 is 0. The van der Waals surface area contributed by atoms with E-state index in [0.717, 1.165) is 49.9 Å². The Balaban J connectivity index is 0.000000422. The van der Waals surface area contributed by atoms with Crippen molar-refractivity contribution in [2.45, 2.75) is 103 Å². The smallest absolute Gasteiger partial charge is 0.381 e. The van der Waals surface area contributed by atoms with Gasteiger partial charge in [-0.25, -0.2) is 5.01 Å². The lowest BCUT2D eigenvalue weighted by molar-refractivity contribution is -0.125. The van der Waals surface area contributed by atoms with E-state index in [0.29, 0.717) is 12.6 Å². The lowest BCUT2D eigenvalue weighted by Crippen LogP contribution is -2.53. The van der Waals surface area contributed by atoms with Crippen LogP contribution in [0, 0.1) is 18.8 Å². The molecule has 5 unspecified atom stereocenters. The van der Waals surface area contributed by atoms with Crippen LogP contribution in [-0.4, -0.2) is 74.7 Å². The van der Waals surface area contributed by atoms with Crippen molar-refractivity contribution in [2.24, 2.45) is 17.6 Å². The van der Waals surface area contributed by atoms with Crippen molar-refractivity contribution in [3.8, 4) is 0 Å². The Labute approximate surface area is 269 Å². The molecule has 1 saturated heterocycles. The predicted molar refractivity (Wildman–Crippen MR) is 178 cm³/mol. The maximum Gasteiger partial charge on any atom is 0.392 e. The highest BCUT2D eigenvalue weighted by Gasteiger charge is 2.26. The van der Waals surface area contributed by atoms with Gasteiger partial charge in [0.25, 0.3) is 0 Å². The molecule has 0 spiro atoms. The van der Waals surface area contributed by atoms with Gasteiger partial charge in [-0.3, -0.25) is 15.2 Å². The molecule has 1 fully saturated rings. The van der Waals surface area contributed by atoms with Crippen molar-refractivity contribution < 1.29 is 22.7 Å². The largest absolute Gasteiger partial charge is 0.392 e. The van der Waals surface area contributed by atoms with Gasteiger partial charge in [-0.2, -0.15) is 13.2 Å². The first-order chi connectivity index (χ1) is 21.5. The number of aromatic nitrogens is 1. The molecule has 0 aromatic carbocycles. The van der Waals surface area contributed by atoms with E-state index >= 15 is 0 Å². The van der Waals surface area contributed by atoms with Crippen LogP contribution in [0.25, 0.3) is 0 Å². The van der Waals surface area contributed by atoms with Gasteiger partial charge in [0.2, 0.25) is 6.41 Å². The second kappa shape index (κ2) is 23.1. The highest BCUT2D eigenvalue weighted by atomic mass is 19.4. The van der Waals surface area contributed by atoms with Crippen LogP contribution in [0.4, 0.5) is 13.2 Å². The Kier molecular flexibility index (Phi) is 20.9. The number of ether oxygens (including phenoxy) is 1. The van der Waals surface area contributed by atoms with Crippen LogP contribution in [0.15, 0.2) is 37.1 Å². The van der Waals surface area contributed by atoms with Crippen molar-refractivity contribution in [3.05, 3.63) is 53.9 Å². The number of allylic oxidation sites excluding steroid dienone is 1. The van der Waals surface area contributed by atoms with Crippen LogP contribution in [-0.2, 0) is 16.0 Å². The van der Waals surface area contributed by atoms with Gasteiger partial charge in [0.15, 0.2) is 0 Å². The van der Waals surface area contributed by atoms with E-state index in [2.05, 4.69) is 59.5 Å². The molecule has 3 rings (SSSR count). The summed E-state index contributed by atoms with van der Waals surface area (Å²) < 4.78 is 41.3. The van der Waals surface area contributed by atoms with Crippen molar-refractivity contribution in [2.75, 3.05) is 39.9 Å². The molecular weight excluding hydrogens is 581 g/mol. The minimum absolute atomic E-state index is 0.0542. The summed E-state index contributed by atoms with van der Waals surface area (Å²) in [6.45, 7) is 16.4. The second-order valence-corrected chi connectivity index (χ2v) is 11.9. The number of alkyl halides is 3. The van der Waals surface area contributed by atoms with Gasteiger partial charge in [-0.05, 0) is 87.6 Å². The molecule has 2 aliphatic rings. The van der Waals surface area contributed by atoms with Crippen LogP contribution in [0.5, 0.6) is 0 Å². The van der Waals surface area contributed by atoms with Gasteiger partial charge in [0, 0.05) is 50.7 Å². The molecule has 45 heavy (non-hydrogen) atoms. The van der Waals surface area contributed by atoms with Crippen LogP contribution < -0.4 is 21.8 Å². The summed E-state index contributed by atoms with van der Waals surface area (Å²) in [5.74, 6) is 1.72. The number of halogens is 3. The summed E-state index contributed by atoms with van der Waals surface area (Å²) in [7, 11) is 1.85. The number of nitrogens with one attached hydrogen (secondary N) is 3. The lowest BCUT2D eigenvalue weighted by atomic mass is 9.89. The van der Waals surface area contributed by atoms with Crippen molar-refractivity contribution in [3.63, 3.8) is 0 Å². The third kappa shape index (κ3) is 17.3. The van der Waals surface area contributed by atoms with E-state index in [-0.39, 0.29) is 18.5 Å². The minimum atomic E-state index is -4.13. The molecule has 1 amide bonds. The SMILES string of the molecule is C=CC(C)C(NCC)N(C)NC/C=C\CC(F)(F)F.CCC(CNC1CCCOCC1)CC1CCc2cc(C)ncc21.NC=O. The summed E-state index contributed by atoms with van der Waals surface area (Å²) in [4.78, 5) is 13.1. The number of carbonyl (C=O) groups excluding carboxylic acids is 1. The van der Waals surface area contributed by atoms with Gasteiger partial charge < -0.3 is 21.1 Å². The number of amides is 1. The van der Waals surface area contributed by atoms with E-state index in [1.54, 1.807) is 5.56 Å². The number of aryl methyl sites for hydroxylation is 2. The van der Waals surface area contributed by atoms with Crippen LogP contribution >= 0.6 is 0 Å². The maximum absolute atomic E-state index is 11.9. The zero-order valence-corrected chi connectivity index (χ0v) is 28.2. The van der Waals surface area contributed by atoms with E-state index < -0.39 is 12.6 Å². The quantitative estimate of drug-likeness (QED) is 0.0834. The van der Waals surface area contributed by atoms with Crippen molar-refractivity contribution >= 4 is 6.41 Å². The maximum atomic E-state index is 11.9. The van der Waals surface area contributed by atoms with Gasteiger partial charge in [0.05, 0.1) is 12.6 Å². The molecule has 1 aliphatic heterocycles. The number of pyridine rings is 1. The fourth-order valence-corrected chi connectivity index (χ4v) is 5.79. The summed E-state index contributed by atoms with van der Waals surface area (Å²) in [6, 6.07) is 2.95. The molecule has 0 radical (unpaired) electrons. The lowest BCUT2D eigenvalue weighted by Gasteiger charge is -2.32. The standard InChI is InChI=1S/C20H32N2O.C13H24F3N3.CH3NO/c1-3-16(13-22-19-5-4-9-23-10-8-19)12-18-7-6-17-11-15(2)21-14-20(17)18;1-5-11(3)12(17-6-2)19(4)18-10-8-7-9-13(14,15)16;2-1-3/h11,14,16,18-19,22H,3-10,12-13H2,1-2H3;5,7-8,11-12,17-18H,1,6,9-10H2,2-4H3;1H,(H2,2,3)/b;8-7-;. The number of primary amides is 1. The molecule has 0 saturated carbocycles. The van der Waals surface area contributed by atoms with E-state index in [9.17, 15) is 13.2 Å². The number of rotatable bonds is 15. The van der Waals surface area contributed by atoms with E-state index in [4.69, 9.17) is 9.53 Å². The van der Waals surface area contributed by atoms with Gasteiger partial charge in [-0.15, -0.1) is 6.58 Å². The highest BCUT2D eigenvalue weighted by molar-refractivity contribution is 5.42. The Hall–Kier alpha value is -2.31. The molecular formula is C34H59F3N6O2. The Morgan fingerprint density at radius 3 is 2.60 bits per heavy atom. The molecule has 0 bridgehead atoms. The fraction of sp³-hybridized carbons (Fsp3) is 0.706. The number of nitrogens with zero attached hydrogens (tertiary/aromatic N) is 2. The van der Waals surface area contributed by atoms with Crippen molar-refractivity contribution in [1.82, 2.24) is 26.1 Å². The third-order valence-corrected chi connectivity index (χ3v) is 8.38. The van der Waals surface area contributed by atoms with Crippen LogP contribution in [0.2, 0.25) is 0 Å². The minimum Gasteiger partial charge on any atom is -0.381 e.